The molecule has 1 fully saturated rings. The van der Waals surface area contributed by atoms with Gasteiger partial charge in [0.05, 0.1) is 96.3 Å². The van der Waals surface area contributed by atoms with Crippen molar-refractivity contribution in [3.63, 3.8) is 0 Å². The highest BCUT2D eigenvalue weighted by Crippen LogP contribution is 2.49. The number of cyclic esters (lactones) is 2. The number of pyridine rings is 4. The summed E-state index contributed by atoms with van der Waals surface area (Å²) in [5.74, 6) is -11.7. The minimum Gasteiger partial charge on any atom is -0.458 e. The Morgan fingerprint density at radius 2 is 0.867 bits per heavy atom. The van der Waals surface area contributed by atoms with Crippen LogP contribution in [0, 0.1) is 43.2 Å². The summed E-state index contributed by atoms with van der Waals surface area (Å²) in [5, 5.41) is 40.5. The van der Waals surface area contributed by atoms with E-state index in [2.05, 4.69) is 31.9 Å². The Morgan fingerprint density at radius 3 is 1.26 bits per heavy atom. The number of esters is 2. The predicted molar refractivity (Wildman–Crippen MR) is 507 cm³/mol. The second-order valence-corrected chi connectivity index (χ2v) is 37.7. The SMILES string of the molecule is CC[C@@]1(O)C(=O)OCc2c1cc1n(c2=O)Cc2c-1nc1cc(F)c(C)c3c1c2[C@@H](NC(=O)CCCC(=O)CNC(=O)[C@@H](CC(=O)CNC(=O)CCC(=O)CCN1C(=O)C=CC1=O)Cc1ccccc1)CC3.CC[C@@]1(O)C(=O)OCc2c1cc1n(c2=O)Cc2c-1nc1cc(F)c(C)c3c1c2[C@@H](NC(=O)CCCC(=O)CNC(=O)[C@@H](CC(=O)CNC(=O)CCC(=O)CCN1C(=O)CC(C)C1=O)Cc1ccccc1)CC3. The molecule has 1 unspecified atom stereocenters. The number of ketones is 6. The highest BCUT2D eigenvalue weighted by molar-refractivity contribution is 6.13. The van der Waals surface area contributed by atoms with Crippen LogP contribution in [0.15, 0.2) is 107 Å². The second-order valence-electron chi connectivity index (χ2n) is 37.7. The molecule has 0 bridgehead atoms. The van der Waals surface area contributed by atoms with Gasteiger partial charge in [-0.1, -0.05) is 81.4 Å². The van der Waals surface area contributed by atoms with Crippen molar-refractivity contribution in [2.24, 2.45) is 17.8 Å². The number of hydrogen-bond acceptors (Lipinski definition) is 26. The summed E-state index contributed by atoms with van der Waals surface area (Å²) in [6.45, 7) is 6.15. The Labute approximate surface area is 818 Å². The van der Waals surface area contributed by atoms with E-state index < -0.39 is 129 Å². The molecule has 4 aromatic carbocycles. The third-order valence-corrected chi connectivity index (χ3v) is 28.2. The van der Waals surface area contributed by atoms with E-state index in [0.717, 1.165) is 44.2 Å². The zero-order valence-corrected chi connectivity index (χ0v) is 79.8. The van der Waals surface area contributed by atoms with Crippen LogP contribution >= 0.6 is 0 Å². The van der Waals surface area contributed by atoms with Gasteiger partial charge in [0.25, 0.3) is 22.9 Å². The average molecular weight is 1960 g/mol. The van der Waals surface area contributed by atoms with Crippen LogP contribution in [0.1, 0.15) is 233 Å². The standard InChI is InChI=1S/C53H57FN6O12.C52H53FN6O12/c1-4-53(71)38-22-42-48-36(26-60(42)51(69)37(38)27-72-52(53)70)47-40(15-14-35-29(3)39(54)23-41(58-48)46(35)47)57-44(65)12-8-11-33(62)24-56-49(67)31(20-30-9-6-5-7-10-30)21-34(63)25-55-43(64)16-13-32(61)17-18-59-45(66)19-28(2)50(59)68;1-3-52(70)37-22-41-48-35(26-59(41)50(68)36(37)27-71-51(52)69)47-39(14-13-34-28(2)38(53)23-40(57-48)46(34)47)56-43(64)11-7-10-32(61)24-55-49(67)30(20-29-8-5-4-6-9-29)21-33(62)25-54-42(63)15-12-31(60)18-19-58-44(65)16-17-45(58)66/h5-7,9-10,22-23,28,31,40,71H,4,8,11-21,24-27H2,1-3H3,(H,55,64)(H,56,67)(H,57,65);4-6,8-9,16-17,22-23,30,39,70H,3,7,10-15,18-21,24-27H2,1-2H3,(H,54,63)(H,55,67)(H,56,64)/t28?,31-,40+,53+;30-,39+,52+/m11/s1. The van der Waals surface area contributed by atoms with Gasteiger partial charge in [0, 0.05) is 172 Å². The highest BCUT2D eigenvalue weighted by Gasteiger charge is 2.49. The number of halogens is 2. The number of ether oxygens (including phenoxy) is 2. The molecule has 36 nitrogen and oxygen atoms in total. The van der Waals surface area contributed by atoms with Crippen LogP contribution in [0.25, 0.3) is 44.6 Å². The number of nitrogens with zero attached hydrogens (tertiary/aromatic N) is 6. The van der Waals surface area contributed by atoms with Crippen molar-refractivity contribution in [3.8, 4) is 22.8 Å². The minimum atomic E-state index is -2.04. The molecule has 10 amide bonds. The molecule has 748 valence electrons. The number of aryl methyl sites for hydroxylation is 2. The van der Waals surface area contributed by atoms with E-state index >= 15 is 8.78 Å². The monoisotopic (exact) mass is 1960 g/mol. The Balaban J connectivity index is 0.000000215. The van der Waals surface area contributed by atoms with E-state index in [0.29, 0.717) is 104 Å². The molecule has 4 aromatic heterocycles. The van der Waals surface area contributed by atoms with Crippen molar-refractivity contribution in [1.29, 1.82) is 0 Å². The number of carbonyl (C=O) groups is 18. The normalized spacial score (nSPS) is 18.4. The number of likely N-dealkylation sites (tertiary alicyclic amines) is 1. The molecule has 16 rings (SSSR count). The maximum Gasteiger partial charge on any atom is 0.343 e. The van der Waals surface area contributed by atoms with Gasteiger partial charge in [0.2, 0.25) is 47.3 Å². The molecule has 10 heterocycles. The zero-order chi connectivity index (χ0) is 102. The van der Waals surface area contributed by atoms with Crippen LogP contribution in [0.5, 0.6) is 0 Å². The van der Waals surface area contributed by atoms with Crippen molar-refractivity contribution in [2.75, 3.05) is 39.3 Å². The number of imide groups is 2. The van der Waals surface area contributed by atoms with Crippen LogP contribution in [-0.4, -0.2) is 184 Å². The number of nitrogens with one attached hydrogen (secondary N) is 6. The van der Waals surface area contributed by atoms with Crippen molar-refractivity contribution >= 4 is 128 Å². The predicted octanol–water partition coefficient (Wildman–Crippen LogP) is 6.64. The van der Waals surface area contributed by atoms with Crippen molar-refractivity contribution < 1.29 is 115 Å². The summed E-state index contributed by atoms with van der Waals surface area (Å²) in [6.07, 6.45) is 3.00. The first kappa shape index (κ1) is 103. The Kier molecular flexibility index (Phi) is 31.4. The third-order valence-electron chi connectivity index (χ3n) is 28.2. The number of benzene rings is 4. The maximum atomic E-state index is 15.4. The van der Waals surface area contributed by atoms with Crippen molar-refractivity contribution in [3.05, 3.63) is 207 Å². The fourth-order valence-electron chi connectivity index (χ4n) is 20.2. The molecule has 7 atom stereocenters. The van der Waals surface area contributed by atoms with Crippen LogP contribution in [0.4, 0.5) is 8.78 Å². The van der Waals surface area contributed by atoms with Gasteiger partial charge >= 0.3 is 11.9 Å². The van der Waals surface area contributed by atoms with Gasteiger partial charge in [0.1, 0.15) is 36.4 Å². The quantitative estimate of drug-likeness (QED) is 0.0147. The van der Waals surface area contributed by atoms with Gasteiger partial charge < -0.3 is 60.7 Å². The third kappa shape index (κ3) is 22.1. The summed E-state index contributed by atoms with van der Waals surface area (Å²) in [6, 6.07) is 22.6. The fraction of sp³-hybridized carbons (Fsp3) is 0.429. The molecule has 0 radical (unpaired) electrons. The first-order valence-corrected chi connectivity index (χ1v) is 48.2. The van der Waals surface area contributed by atoms with Crippen molar-refractivity contribution in [1.82, 2.24) is 60.8 Å². The van der Waals surface area contributed by atoms with Crippen molar-refractivity contribution in [2.45, 2.75) is 232 Å². The lowest BCUT2D eigenvalue weighted by atomic mass is 9.81. The molecule has 8 aliphatic rings. The van der Waals surface area contributed by atoms with Crippen LogP contribution in [0.2, 0.25) is 0 Å². The lowest BCUT2D eigenvalue weighted by Gasteiger charge is -2.31. The number of aliphatic hydroxyl groups is 2. The summed E-state index contributed by atoms with van der Waals surface area (Å²) in [4.78, 5) is 269. The number of carbonyl (C=O) groups excluding carboxylic acids is 18. The molecule has 0 spiro atoms. The minimum absolute atomic E-state index is 0.0388. The smallest absolute Gasteiger partial charge is 0.343 e. The first-order valence-electron chi connectivity index (χ1n) is 48.2. The number of rotatable bonds is 42. The highest BCUT2D eigenvalue weighted by atomic mass is 19.1. The molecule has 143 heavy (non-hydrogen) atoms. The van der Waals surface area contributed by atoms with Gasteiger partial charge in [-0.05, 0) is 135 Å². The molecule has 0 saturated carbocycles. The first-order chi connectivity index (χ1) is 68.3. The molecule has 8 N–H and O–H groups in total. The molecule has 38 heteroatoms. The van der Waals surface area contributed by atoms with E-state index in [1.54, 1.807) is 107 Å². The van der Waals surface area contributed by atoms with E-state index in [1.165, 1.54) is 21.3 Å². The van der Waals surface area contributed by atoms with Gasteiger partial charge in [-0.15, -0.1) is 0 Å². The average Bonchev–Trinajstić information content (AvgIpc) is 1.50. The Bertz CT molecular complexity index is 6810. The number of amides is 10. The van der Waals surface area contributed by atoms with Gasteiger partial charge in [-0.25, -0.2) is 28.3 Å². The van der Waals surface area contributed by atoms with E-state index in [1.807, 2.05) is 0 Å². The van der Waals surface area contributed by atoms with E-state index in [4.69, 9.17) is 19.4 Å². The maximum absolute atomic E-state index is 15.4. The topological polar surface area (TPSA) is 515 Å². The summed E-state index contributed by atoms with van der Waals surface area (Å²) in [5.41, 5.74) is 4.35. The Hall–Kier alpha value is -14.8. The van der Waals surface area contributed by atoms with Gasteiger partial charge in [-0.3, -0.25) is 96.1 Å². The van der Waals surface area contributed by atoms with Crippen LogP contribution in [-0.2, 0) is 159 Å². The van der Waals surface area contributed by atoms with Gasteiger partial charge in [0.15, 0.2) is 34.3 Å². The van der Waals surface area contributed by atoms with Crippen LogP contribution in [0.3, 0.4) is 0 Å². The summed E-state index contributed by atoms with van der Waals surface area (Å²) >= 11 is 0. The van der Waals surface area contributed by atoms with E-state index in [9.17, 15) is 106 Å². The van der Waals surface area contributed by atoms with Gasteiger partial charge in [-0.2, -0.15) is 0 Å². The second kappa shape index (κ2) is 43.7. The molecule has 2 aliphatic carbocycles. The lowest BCUT2D eigenvalue weighted by Crippen LogP contribution is -2.44. The number of Topliss-reactive ketones (excluding diaryl/α,β-unsaturated/α-hetero) is 6. The molecule has 6 aliphatic heterocycles. The zero-order valence-electron chi connectivity index (χ0n) is 79.8. The number of aromatic nitrogens is 4. The Morgan fingerprint density at radius 1 is 0.469 bits per heavy atom. The largest absolute Gasteiger partial charge is 0.458 e. The fourth-order valence-corrected chi connectivity index (χ4v) is 20.2. The molecular formula is C105H110F2N12O24. The lowest BCUT2D eigenvalue weighted by molar-refractivity contribution is -0.172. The van der Waals surface area contributed by atoms with E-state index in [-0.39, 0.29) is 250 Å². The van der Waals surface area contributed by atoms with Crippen LogP contribution < -0.4 is 43.0 Å². The summed E-state index contributed by atoms with van der Waals surface area (Å²) in [7, 11) is 0. The molecular weight excluding hydrogens is 1850 g/mol. The number of hydrogen-bond donors (Lipinski definition) is 8. The number of fused-ring (bicyclic) bond motifs is 10. The molecule has 8 aromatic rings. The molecule has 1 saturated heterocycles. The summed E-state index contributed by atoms with van der Waals surface area (Å²) < 4.78 is 44.2.